The largest absolute Gasteiger partial charge is 0.319 e. The fourth-order valence-corrected chi connectivity index (χ4v) is 2.61. The summed E-state index contributed by atoms with van der Waals surface area (Å²) in [4.78, 5) is 2.25. The van der Waals surface area contributed by atoms with E-state index in [0.29, 0.717) is 18.0 Å². The van der Waals surface area contributed by atoms with Crippen molar-refractivity contribution in [2.75, 3.05) is 40.8 Å². The van der Waals surface area contributed by atoms with E-state index in [2.05, 4.69) is 10.0 Å². The molecule has 0 unspecified atom stereocenters. The van der Waals surface area contributed by atoms with Crippen LogP contribution in [-0.2, 0) is 16.4 Å². The van der Waals surface area contributed by atoms with Gasteiger partial charge in [0.15, 0.2) is 0 Å². The Morgan fingerprint density at radius 1 is 1.11 bits per heavy atom. The molecule has 0 atom stereocenters. The number of nitrogens with zero attached hydrogens (tertiary/aromatic N) is 1. The monoisotopic (exact) mass is 285 g/mol. The Bertz CT molecular complexity index is 469. The van der Waals surface area contributed by atoms with E-state index in [0.717, 1.165) is 18.5 Å². The van der Waals surface area contributed by atoms with Gasteiger partial charge in [-0.05, 0) is 51.8 Å². The molecule has 6 heteroatoms. The molecule has 19 heavy (non-hydrogen) atoms. The second-order valence-corrected chi connectivity index (χ2v) is 6.47. The molecule has 0 aliphatic rings. The van der Waals surface area contributed by atoms with Gasteiger partial charge in [-0.15, -0.1) is 0 Å². The molecule has 0 aromatic heterocycles. The lowest BCUT2D eigenvalue weighted by molar-refractivity contribution is 0.412. The molecule has 0 heterocycles. The van der Waals surface area contributed by atoms with Gasteiger partial charge < -0.3 is 10.2 Å². The Kier molecular flexibility index (Phi) is 6.44. The third-order valence-electron chi connectivity index (χ3n) is 2.75. The van der Waals surface area contributed by atoms with Crippen molar-refractivity contribution < 1.29 is 8.42 Å². The maximum absolute atomic E-state index is 12.0. The van der Waals surface area contributed by atoms with Crippen molar-refractivity contribution in [1.29, 1.82) is 0 Å². The summed E-state index contributed by atoms with van der Waals surface area (Å²) in [5.74, 6) is 0. The number of rotatable bonds is 8. The Morgan fingerprint density at radius 2 is 1.74 bits per heavy atom. The summed E-state index contributed by atoms with van der Waals surface area (Å²) in [6.07, 6.45) is 0.894. The van der Waals surface area contributed by atoms with Crippen molar-refractivity contribution in [2.45, 2.75) is 11.3 Å². The Balaban J connectivity index is 2.63. The highest BCUT2D eigenvalue weighted by atomic mass is 32.2. The lowest BCUT2D eigenvalue weighted by atomic mass is 10.1. The summed E-state index contributed by atoms with van der Waals surface area (Å²) in [5, 5.41) is 3.06. The van der Waals surface area contributed by atoms with Crippen molar-refractivity contribution in [1.82, 2.24) is 14.9 Å². The molecular weight excluding hydrogens is 262 g/mol. The standard InChI is InChI=1S/C13H23N3O2S/c1-14-9-8-12-4-6-13(7-5-12)19(17,18)15-10-11-16(2)3/h4-7,14-15H,8-11H2,1-3H3. The molecule has 108 valence electrons. The average Bonchev–Trinajstić information content (AvgIpc) is 2.36. The van der Waals surface area contributed by atoms with E-state index in [1.807, 2.05) is 38.2 Å². The van der Waals surface area contributed by atoms with Crippen LogP contribution in [0.2, 0.25) is 0 Å². The number of hydrogen-bond donors (Lipinski definition) is 2. The molecule has 0 saturated carbocycles. The summed E-state index contributed by atoms with van der Waals surface area (Å²) in [6.45, 7) is 1.98. The number of nitrogens with one attached hydrogen (secondary N) is 2. The van der Waals surface area contributed by atoms with Gasteiger partial charge in [-0.25, -0.2) is 13.1 Å². The number of sulfonamides is 1. The van der Waals surface area contributed by atoms with E-state index in [1.165, 1.54) is 0 Å². The summed E-state index contributed by atoms with van der Waals surface area (Å²) < 4.78 is 26.6. The molecule has 1 aromatic rings. The van der Waals surface area contributed by atoms with E-state index >= 15 is 0 Å². The summed E-state index contributed by atoms with van der Waals surface area (Å²) in [7, 11) is 2.33. The molecule has 0 aliphatic carbocycles. The molecule has 0 bridgehead atoms. The molecule has 2 N–H and O–H groups in total. The second kappa shape index (κ2) is 7.59. The Labute approximate surface area is 116 Å². The van der Waals surface area contributed by atoms with Gasteiger partial charge in [-0.1, -0.05) is 12.1 Å². The van der Waals surface area contributed by atoms with E-state index in [9.17, 15) is 8.42 Å². The van der Waals surface area contributed by atoms with Gasteiger partial charge in [-0.2, -0.15) is 0 Å². The molecule has 0 radical (unpaired) electrons. The SMILES string of the molecule is CNCCc1ccc(S(=O)(=O)NCCN(C)C)cc1. The number of hydrogen-bond acceptors (Lipinski definition) is 4. The maximum atomic E-state index is 12.0. The fourth-order valence-electron chi connectivity index (χ4n) is 1.59. The van der Waals surface area contributed by atoms with Gasteiger partial charge in [0.25, 0.3) is 0 Å². The molecule has 0 spiro atoms. The molecule has 0 saturated heterocycles. The highest BCUT2D eigenvalue weighted by Gasteiger charge is 2.12. The summed E-state index contributed by atoms with van der Waals surface area (Å²) >= 11 is 0. The van der Waals surface area contributed by atoms with Crippen molar-refractivity contribution in [3.05, 3.63) is 29.8 Å². The summed E-state index contributed by atoms with van der Waals surface area (Å²) in [6, 6.07) is 7.03. The predicted molar refractivity (Wildman–Crippen MR) is 77.8 cm³/mol. The van der Waals surface area contributed by atoms with Crippen LogP contribution in [0.25, 0.3) is 0 Å². The Hall–Kier alpha value is -0.950. The third-order valence-corrected chi connectivity index (χ3v) is 4.23. The van der Waals surface area contributed by atoms with Crippen LogP contribution in [0, 0.1) is 0 Å². The zero-order chi connectivity index (χ0) is 14.3. The number of benzene rings is 1. The lowest BCUT2D eigenvalue weighted by Gasteiger charge is -2.11. The first-order valence-corrected chi connectivity index (χ1v) is 7.82. The van der Waals surface area contributed by atoms with Crippen LogP contribution in [0.1, 0.15) is 5.56 Å². The lowest BCUT2D eigenvalue weighted by Crippen LogP contribution is -2.31. The normalized spacial score (nSPS) is 12.0. The fraction of sp³-hybridized carbons (Fsp3) is 0.538. The molecular formula is C13H23N3O2S. The second-order valence-electron chi connectivity index (χ2n) is 4.70. The molecule has 0 amide bonds. The highest BCUT2D eigenvalue weighted by Crippen LogP contribution is 2.10. The van der Waals surface area contributed by atoms with Gasteiger partial charge in [0.2, 0.25) is 10.0 Å². The summed E-state index contributed by atoms with van der Waals surface area (Å²) in [5.41, 5.74) is 1.13. The minimum atomic E-state index is -3.39. The average molecular weight is 285 g/mol. The van der Waals surface area contributed by atoms with E-state index in [-0.39, 0.29) is 0 Å². The topological polar surface area (TPSA) is 61.4 Å². The van der Waals surface area contributed by atoms with Crippen molar-refractivity contribution in [3.63, 3.8) is 0 Å². The third kappa shape index (κ3) is 5.69. The van der Waals surface area contributed by atoms with Crippen LogP contribution in [0.5, 0.6) is 0 Å². The predicted octanol–water partition coefficient (Wildman–Crippen LogP) is 0.288. The zero-order valence-corrected chi connectivity index (χ0v) is 12.6. The highest BCUT2D eigenvalue weighted by molar-refractivity contribution is 7.89. The smallest absolute Gasteiger partial charge is 0.240 e. The van der Waals surface area contributed by atoms with Crippen LogP contribution >= 0.6 is 0 Å². The quantitative estimate of drug-likeness (QED) is 0.721. The first kappa shape index (κ1) is 16.1. The van der Waals surface area contributed by atoms with Crippen LogP contribution in [0.15, 0.2) is 29.2 Å². The molecule has 1 aromatic carbocycles. The van der Waals surface area contributed by atoms with Crippen LogP contribution in [-0.4, -0.2) is 54.1 Å². The van der Waals surface area contributed by atoms with Crippen molar-refractivity contribution >= 4 is 10.0 Å². The number of likely N-dealkylation sites (N-methyl/N-ethyl adjacent to an activating group) is 2. The zero-order valence-electron chi connectivity index (χ0n) is 11.8. The van der Waals surface area contributed by atoms with E-state index in [1.54, 1.807) is 12.1 Å². The first-order valence-electron chi connectivity index (χ1n) is 6.33. The van der Waals surface area contributed by atoms with Gasteiger partial charge in [0, 0.05) is 13.1 Å². The van der Waals surface area contributed by atoms with E-state index in [4.69, 9.17) is 0 Å². The minimum absolute atomic E-state index is 0.319. The minimum Gasteiger partial charge on any atom is -0.319 e. The molecule has 0 fully saturated rings. The first-order chi connectivity index (χ1) is 8.95. The molecule has 5 nitrogen and oxygen atoms in total. The van der Waals surface area contributed by atoms with Gasteiger partial charge >= 0.3 is 0 Å². The van der Waals surface area contributed by atoms with Crippen LogP contribution in [0.3, 0.4) is 0 Å². The Morgan fingerprint density at radius 3 is 2.26 bits per heavy atom. The maximum Gasteiger partial charge on any atom is 0.240 e. The van der Waals surface area contributed by atoms with Crippen molar-refractivity contribution in [2.24, 2.45) is 0 Å². The van der Waals surface area contributed by atoms with E-state index < -0.39 is 10.0 Å². The van der Waals surface area contributed by atoms with Crippen LogP contribution < -0.4 is 10.0 Å². The van der Waals surface area contributed by atoms with Gasteiger partial charge in [0.05, 0.1) is 4.90 Å². The van der Waals surface area contributed by atoms with Crippen LogP contribution in [0.4, 0.5) is 0 Å². The molecule has 1 rings (SSSR count). The van der Waals surface area contributed by atoms with Crippen molar-refractivity contribution in [3.8, 4) is 0 Å². The van der Waals surface area contributed by atoms with Gasteiger partial charge in [-0.3, -0.25) is 0 Å². The van der Waals surface area contributed by atoms with Gasteiger partial charge in [0.1, 0.15) is 0 Å². The molecule has 0 aliphatic heterocycles.